The zero-order valence-corrected chi connectivity index (χ0v) is 21.9. The molecule has 0 spiro atoms. The van der Waals surface area contributed by atoms with Crippen LogP contribution in [0.5, 0.6) is 5.75 Å². The van der Waals surface area contributed by atoms with E-state index in [1.807, 2.05) is 6.07 Å². The number of phenols is 1. The zero-order chi connectivity index (χ0) is 28.7. The van der Waals surface area contributed by atoms with E-state index in [9.17, 15) is 31.0 Å². The molecule has 5 N–H and O–H groups in total. The minimum atomic E-state index is -4.86. The van der Waals surface area contributed by atoms with Crippen molar-refractivity contribution in [1.82, 2.24) is 0 Å². The lowest BCUT2D eigenvalue weighted by Crippen LogP contribution is -1.99. The maximum atomic E-state index is 12.1. The third-order valence-electron chi connectivity index (χ3n) is 5.88. The van der Waals surface area contributed by atoms with Crippen molar-refractivity contribution in [1.29, 1.82) is 0 Å². The van der Waals surface area contributed by atoms with Gasteiger partial charge in [-0.2, -0.15) is 21.9 Å². The topological polar surface area (TPSA) is 204 Å². The van der Waals surface area contributed by atoms with Gasteiger partial charge in [0.25, 0.3) is 20.2 Å². The summed E-state index contributed by atoms with van der Waals surface area (Å²) in [6.07, 6.45) is 0. The van der Waals surface area contributed by atoms with Crippen LogP contribution in [-0.4, -0.2) is 31.0 Å². The van der Waals surface area contributed by atoms with Gasteiger partial charge in [0.15, 0.2) is 5.75 Å². The van der Waals surface area contributed by atoms with E-state index in [2.05, 4.69) is 20.5 Å². The molecular formula is C26H19N5O7S2. The maximum Gasteiger partial charge on any atom is 0.296 e. The average molecular weight is 578 g/mol. The Bertz CT molecular complexity index is 2080. The van der Waals surface area contributed by atoms with Crippen molar-refractivity contribution in [2.75, 3.05) is 5.73 Å². The quantitative estimate of drug-likeness (QED) is 0.0979. The van der Waals surface area contributed by atoms with Gasteiger partial charge in [-0.15, -0.1) is 15.3 Å². The number of azo groups is 2. The predicted molar refractivity (Wildman–Crippen MR) is 148 cm³/mol. The second-order valence-corrected chi connectivity index (χ2v) is 11.4. The molecule has 0 unspecified atom stereocenters. The van der Waals surface area contributed by atoms with Crippen LogP contribution in [-0.2, 0) is 20.2 Å². The number of rotatable bonds is 6. The van der Waals surface area contributed by atoms with Crippen molar-refractivity contribution < 1.29 is 31.0 Å². The molecule has 0 aliphatic heterocycles. The summed E-state index contributed by atoms with van der Waals surface area (Å²) in [4.78, 5) is -1.14. The molecule has 0 aromatic heterocycles. The molecule has 0 saturated carbocycles. The van der Waals surface area contributed by atoms with E-state index in [4.69, 9.17) is 5.73 Å². The van der Waals surface area contributed by atoms with Gasteiger partial charge in [0.05, 0.1) is 22.0 Å². The molecule has 40 heavy (non-hydrogen) atoms. The number of phenolic OH excluding ortho intramolecular Hbond substituents is 1. The molecule has 0 bridgehead atoms. The molecule has 0 aliphatic rings. The first-order chi connectivity index (χ1) is 18.9. The SMILES string of the molecule is Nc1ccc2cc(S(=O)(=O)O)c(N=Nc3ccc(N=Nc4ccccc4)c4ccc(S(=O)(=O)O)cc34)c(O)c2c1. The Labute approximate surface area is 227 Å². The van der Waals surface area contributed by atoms with Gasteiger partial charge in [-0.3, -0.25) is 9.11 Å². The first kappa shape index (κ1) is 26.8. The Morgan fingerprint density at radius 1 is 0.625 bits per heavy atom. The Morgan fingerprint density at radius 3 is 1.98 bits per heavy atom. The van der Waals surface area contributed by atoms with Gasteiger partial charge in [0.2, 0.25) is 0 Å². The first-order valence-electron chi connectivity index (χ1n) is 11.4. The van der Waals surface area contributed by atoms with Crippen LogP contribution in [0.25, 0.3) is 21.5 Å². The summed E-state index contributed by atoms with van der Waals surface area (Å²) < 4.78 is 67.3. The van der Waals surface area contributed by atoms with Gasteiger partial charge < -0.3 is 10.8 Å². The fraction of sp³-hybridized carbons (Fsp3) is 0. The maximum absolute atomic E-state index is 12.1. The van der Waals surface area contributed by atoms with Gasteiger partial charge >= 0.3 is 0 Å². The smallest absolute Gasteiger partial charge is 0.296 e. The van der Waals surface area contributed by atoms with E-state index < -0.39 is 41.5 Å². The summed E-state index contributed by atoms with van der Waals surface area (Å²) in [5, 5.41) is 28.2. The lowest BCUT2D eigenvalue weighted by atomic mass is 10.1. The molecule has 0 fully saturated rings. The van der Waals surface area contributed by atoms with Crippen LogP contribution >= 0.6 is 0 Å². The van der Waals surface area contributed by atoms with E-state index in [1.54, 1.807) is 24.3 Å². The van der Waals surface area contributed by atoms with Crippen LogP contribution in [0.2, 0.25) is 0 Å². The number of benzene rings is 5. The first-order valence-corrected chi connectivity index (χ1v) is 14.3. The molecule has 0 saturated heterocycles. The fourth-order valence-electron chi connectivity index (χ4n) is 3.99. The summed E-state index contributed by atoms with van der Waals surface area (Å²) in [6, 6.07) is 21.0. The normalized spacial score (nSPS) is 12.7. The standard InChI is InChI=1S/C26H19N5O7S2/c27-16-7-6-15-12-24(40(36,37)38)25(26(32)20(15)13-16)31-30-23-11-10-22(29-28-17-4-2-1-3-5-17)19-9-8-18(14-21(19)23)39(33,34)35/h1-14,32H,27H2,(H,33,34,35)(H,36,37,38). The van der Waals surface area contributed by atoms with Crippen molar-refractivity contribution in [2.45, 2.75) is 9.79 Å². The average Bonchev–Trinajstić information content (AvgIpc) is 2.91. The van der Waals surface area contributed by atoms with Gasteiger partial charge in [-0.1, -0.05) is 30.3 Å². The number of nitrogens with zero attached hydrogens (tertiary/aromatic N) is 4. The van der Waals surface area contributed by atoms with Gasteiger partial charge in [-0.25, -0.2) is 0 Å². The summed E-state index contributed by atoms with van der Waals surface area (Å²) in [6.45, 7) is 0. The number of nitrogen functional groups attached to an aromatic ring is 1. The summed E-state index contributed by atoms with van der Waals surface area (Å²) in [7, 11) is -9.45. The Morgan fingerprint density at radius 2 is 1.30 bits per heavy atom. The van der Waals surface area contributed by atoms with Crippen LogP contribution < -0.4 is 5.73 Å². The molecule has 0 amide bonds. The van der Waals surface area contributed by atoms with Gasteiger partial charge in [0.1, 0.15) is 10.6 Å². The highest BCUT2D eigenvalue weighted by atomic mass is 32.2. The minimum Gasteiger partial charge on any atom is -0.505 e. The van der Waals surface area contributed by atoms with Gasteiger partial charge in [0, 0.05) is 21.8 Å². The van der Waals surface area contributed by atoms with Crippen LogP contribution in [0.1, 0.15) is 0 Å². The molecule has 202 valence electrons. The van der Waals surface area contributed by atoms with Crippen molar-refractivity contribution in [2.24, 2.45) is 20.5 Å². The van der Waals surface area contributed by atoms with Crippen molar-refractivity contribution in [3.63, 3.8) is 0 Å². The summed E-state index contributed by atoms with van der Waals surface area (Å²) in [5.41, 5.74) is 6.46. The predicted octanol–water partition coefficient (Wildman–Crippen LogP) is 6.61. The molecule has 12 nitrogen and oxygen atoms in total. The third kappa shape index (κ3) is 5.37. The highest BCUT2D eigenvalue weighted by molar-refractivity contribution is 7.86. The van der Waals surface area contributed by atoms with E-state index >= 15 is 0 Å². The van der Waals surface area contributed by atoms with Crippen LogP contribution in [0, 0.1) is 0 Å². The second-order valence-electron chi connectivity index (χ2n) is 8.55. The molecule has 5 aromatic rings. The highest BCUT2D eigenvalue weighted by Crippen LogP contribution is 2.43. The molecule has 0 aliphatic carbocycles. The molecule has 5 rings (SSSR count). The number of fused-ring (bicyclic) bond motifs is 2. The van der Waals surface area contributed by atoms with E-state index in [0.717, 1.165) is 12.1 Å². The van der Waals surface area contributed by atoms with E-state index in [0.29, 0.717) is 16.8 Å². The van der Waals surface area contributed by atoms with Crippen molar-refractivity contribution in [3.05, 3.63) is 84.9 Å². The number of aromatic hydroxyl groups is 1. The van der Waals surface area contributed by atoms with E-state index in [-0.39, 0.29) is 27.5 Å². The number of hydrogen-bond donors (Lipinski definition) is 4. The van der Waals surface area contributed by atoms with Gasteiger partial charge in [-0.05, 0) is 60.0 Å². The third-order valence-corrected chi connectivity index (χ3v) is 7.60. The Balaban J connectivity index is 1.71. The molecule has 14 heteroatoms. The molecule has 0 heterocycles. The fourth-order valence-corrected chi connectivity index (χ4v) is 5.16. The monoisotopic (exact) mass is 577 g/mol. The number of nitrogens with two attached hydrogens (primary N) is 1. The lowest BCUT2D eigenvalue weighted by Gasteiger charge is -2.10. The van der Waals surface area contributed by atoms with Crippen LogP contribution in [0.15, 0.2) is 115 Å². The molecule has 5 aromatic carbocycles. The summed E-state index contributed by atoms with van der Waals surface area (Å²) >= 11 is 0. The number of anilines is 1. The zero-order valence-electron chi connectivity index (χ0n) is 20.2. The minimum absolute atomic E-state index is 0.0347. The highest BCUT2D eigenvalue weighted by Gasteiger charge is 2.22. The Hall–Kier alpha value is -4.76. The lowest BCUT2D eigenvalue weighted by molar-refractivity contribution is 0.472. The van der Waals surface area contributed by atoms with E-state index in [1.165, 1.54) is 42.5 Å². The van der Waals surface area contributed by atoms with Crippen LogP contribution in [0.4, 0.5) is 28.4 Å². The molecule has 0 radical (unpaired) electrons. The van der Waals surface area contributed by atoms with Crippen LogP contribution in [0.3, 0.4) is 0 Å². The molecular weight excluding hydrogens is 558 g/mol. The summed E-state index contributed by atoms with van der Waals surface area (Å²) in [5.74, 6) is -0.600. The Kier molecular flexibility index (Phi) is 6.77. The molecule has 0 atom stereocenters. The largest absolute Gasteiger partial charge is 0.505 e. The van der Waals surface area contributed by atoms with Crippen molar-refractivity contribution in [3.8, 4) is 5.75 Å². The second kappa shape index (κ2) is 10.1. The number of hydrogen-bond acceptors (Lipinski definition) is 10. The van der Waals surface area contributed by atoms with Crippen molar-refractivity contribution >= 4 is 70.2 Å².